The predicted octanol–water partition coefficient (Wildman–Crippen LogP) is 2.58. The van der Waals surface area contributed by atoms with Gasteiger partial charge in [0.25, 0.3) is 0 Å². The van der Waals surface area contributed by atoms with E-state index in [0.717, 1.165) is 44.6 Å². The minimum atomic E-state index is -0.410. The normalized spacial score (nSPS) is 21.2. The Morgan fingerprint density at radius 3 is 2.68 bits per heavy atom. The van der Waals surface area contributed by atoms with Gasteiger partial charge in [-0.2, -0.15) is 0 Å². The van der Waals surface area contributed by atoms with Gasteiger partial charge in [0, 0.05) is 25.7 Å². The summed E-state index contributed by atoms with van der Waals surface area (Å²) in [5.74, 6) is 0.294. The van der Waals surface area contributed by atoms with Crippen LogP contribution in [0.2, 0.25) is 0 Å². The van der Waals surface area contributed by atoms with Gasteiger partial charge in [-0.1, -0.05) is 6.07 Å². The van der Waals surface area contributed by atoms with Crippen LogP contribution < -0.4 is 10.1 Å². The molecule has 2 rings (SSSR count). The number of nitro groups is 1. The van der Waals surface area contributed by atoms with Crippen LogP contribution in [0, 0.1) is 10.1 Å². The fraction of sp³-hybridized carbons (Fsp3) is 0.667. The van der Waals surface area contributed by atoms with Crippen LogP contribution >= 0.6 is 0 Å². The number of hydrogen-bond donors (Lipinski definition) is 1. The summed E-state index contributed by atoms with van der Waals surface area (Å²) in [6.45, 7) is 8.87. The van der Waals surface area contributed by atoms with Crippen molar-refractivity contribution in [1.82, 2.24) is 10.2 Å². The molecule has 0 amide bonds. The molecule has 2 unspecified atom stereocenters. The molecule has 7 heteroatoms. The molecule has 1 aromatic rings. The number of hydrogen-bond acceptors (Lipinski definition) is 6. The van der Waals surface area contributed by atoms with E-state index in [0.29, 0.717) is 24.5 Å². The number of nitrogens with zero attached hydrogens (tertiary/aromatic N) is 2. The highest BCUT2D eigenvalue weighted by atomic mass is 16.6. The van der Waals surface area contributed by atoms with Crippen molar-refractivity contribution in [3.05, 3.63) is 33.9 Å². The van der Waals surface area contributed by atoms with Crippen molar-refractivity contribution in [1.29, 1.82) is 0 Å². The lowest BCUT2D eigenvalue weighted by Crippen LogP contribution is -2.45. The molecule has 0 spiro atoms. The highest BCUT2D eigenvalue weighted by Crippen LogP contribution is 2.27. The van der Waals surface area contributed by atoms with Gasteiger partial charge in [-0.05, 0) is 51.4 Å². The van der Waals surface area contributed by atoms with Crippen LogP contribution in [0.25, 0.3) is 0 Å². The number of unbranched alkanes of at least 4 members (excludes halogenated alkanes) is 1. The van der Waals surface area contributed by atoms with Crippen LogP contribution in [-0.2, 0) is 11.3 Å². The van der Waals surface area contributed by atoms with Crippen molar-refractivity contribution in [2.45, 2.75) is 45.4 Å². The predicted molar refractivity (Wildman–Crippen MR) is 97.0 cm³/mol. The van der Waals surface area contributed by atoms with Gasteiger partial charge in [-0.15, -0.1) is 0 Å². The first-order chi connectivity index (χ1) is 12.0. The molecular formula is C18H29N3O4. The van der Waals surface area contributed by atoms with Gasteiger partial charge in [0.05, 0.1) is 24.2 Å². The highest BCUT2D eigenvalue weighted by molar-refractivity contribution is 5.48. The molecule has 0 aliphatic carbocycles. The van der Waals surface area contributed by atoms with Gasteiger partial charge in [0.2, 0.25) is 0 Å². The quantitative estimate of drug-likeness (QED) is 0.419. The van der Waals surface area contributed by atoms with E-state index in [-0.39, 0.29) is 5.69 Å². The molecule has 1 heterocycles. The molecular weight excluding hydrogens is 322 g/mol. The summed E-state index contributed by atoms with van der Waals surface area (Å²) in [7, 11) is 1.44. The molecule has 0 aromatic heterocycles. The van der Waals surface area contributed by atoms with E-state index >= 15 is 0 Å². The highest BCUT2D eigenvalue weighted by Gasteiger charge is 2.21. The van der Waals surface area contributed by atoms with E-state index in [1.807, 2.05) is 6.07 Å². The second-order valence-corrected chi connectivity index (χ2v) is 6.66. The Balaban J connectivity index is 1.66. The van der Waals surface area contributed by atoms with E-state index < -0.39 is 4.92 Å². The molecule has 1 aliphatic rings. The second-order valence-electron chi connectivity index (χ2n) is 6.66. The van der Waals surface area contributed by atoms with Gasteiger partial charge in [0.1, 0.15) is 0 Å². The van der Waals surface area contributed by atoms with Crippen LogP contribution in [0.4, 0.5) is 5.69 Å². The van der Waals surface area contributed by atoms with Gasteiger partial charge in [0.15, 0.2) is 5.75 Å². The summed E-state index contributed by atoms with van der Waals surface area (Å²) in [4.78, 5) is 13.1. The molecule has 0 bridgehead atoms. The lowest BCUT2D eigenvalue weighted by molar-refractivity contribution is -0.385. The van der Waals surface area contributed by atoms with Gasteiger partial charge >= 0.3 is 5.69 Å². The first kappa shape index (κ1) is 19.6. The minimum Gasteiger partial charge on any atom is -0.490 e. The molecule has 0 saturated carbocycles. The van der Waals surface area contributed by atoms with E-state index in [9.17, 15) is 10.1 Å². The van der Waals surface area contributed by atoms with Crippen molar-refractivity contribution < 1.29 is 14.4 Å². The fourth-order valence-electron chi connectivity index (χ4n) is 3.27. The Labute approximate surface area is 149 Å². The maximum absolute atomic E-state index is 11.0. The monoisotopic (exact) mass is 351 g/mol. The lowest BCUT2D eigenvalue weighted by Gasteiger charge is -2.35. The Bertz CT molecular complexity index is 557. The van der Waals surface area contributed by atoms with Crippen LogP contribution in [-0.4, -0.2) is 55.3 Å². The average Bonchev–Trinajstić information content (AvgIpc) is 2.56. The van der Waals surface area contributed by atoms with Crippen molar-refractivity contribution in [3.63, 3.8) is 0 Å². The van der Waals surface area contributed by atoms with Crippen LogP contribution in [0.15, 0.2) is 18.2 Å². The fourth-order valence-corrected chi connectivity index (χ4v) is 3.27. The Morgan fingerprint density at radius 2 is 2.04 bits per heavy atom. The molecule has 1 saturated heterocycles. The topological polar surface area (TPSA) is 76.9 Å². The summed E-state index contributed by atoms with van der Waals surface area (Å²) >= 11 is 0. The van der Waals surface area contributed by atoms with E-state index in [4.69, 9.17) is 9.47 Å². The Morgan fingerprint density at radius 1 is 1.32 bits per heavy atom. The summed E-state index contributed by atoms with van der Waals surface area (Å²) in [5, 5.41) is 14.4. The van der Waals surface area contributed by atoms with Crippen molar-refractivity contribution in [3.8, 4) is 5.75 Å². The molecule has 7 nitrogen and oxygen atoms in total. The first-order valence-electron chi connectivity index (χ1n) is 8.89. The summed E-state index contributed by atoms with van der Waals surface area (Å²) in [6.07, 6.45) is 2.84. The molecule has 1 aliphatic heterocycles. The number of ether oxygens (including phenoxy) is 2. The molecule has 0 radical (unpaired) electrons. The maximum Gasteiger partial charge on any atom is 0.311 e. The van der Waals surface area contributed by atoms with Crippen LogP contribution in [0.3, 0.4) is 0 Å². The Hall–Kier alpha value is -1.70. The number of benzene rings is 1. The second kappa shape index (κ2) is 9.70. The van der Waals surface area contributed by atoms with Gasteiger partial charge in [-0.3, -0.25) is 15.0 Å². The zero-order valence-corrected chi connectivity index (χ0v) is 15.4. The molecule has 140 valence electrons. The van der Waals surface area contributed by atoms with E-state index in [2.05, 4.69) is 24.1 Å². The number of nitrogens with one attached hydrogen (secondary N) is 1. The van der Waals surface area contributed by atoms with Crippen LogP contribution in [0.1, 0.15) is 32.3 Å². The van der Waals surface area contributed by atoms with Gasteiger partial charge in [-0.25, -0.2) is 0 Å². The minimum absolute atomic E-state index is 0.0114. The molecule has 25 heavy (non-hydrogen) atoms. The smallest absolute Gasteiger partial charge is 0.311 e. The molecule has 1 fully saturated rings. The average molecular weight is 351 g/mol. The molecule has 1 aromatic carbocycles. The SMILES string of the molecule is COc1ccc(CNCCCCN2CC(C)OC(C)C2)cc1[N+](=O)[O-]. The number of rotatable bonds is 9. The van der Waals surface area contributed by atoms with E-state index in [1.165, 1.54) is 7.11 Å². The van der Waals surface area contributed by atoms with Crippen molar-refractivity contribution in [2.24, 2.45) is 0 Å². The van der Waals surface area contributed by atoms with Crippen LogP contribution in [0.5, 0.6) is 5.75 Å². The molecule has 1 N–H and O–H groups in total. The number of morpholine rings is 1. The summed E-state index contributed by atoms with van der Waals surface area (Å²) in [6, 6.07) is 5.08. The summed E-state index contributed by atoms with van der Waals surface area (Å²) < 4.78 is 10.8. The van der Waals surface area contributed by atoms with Gasteiger partial charge < -0.3 is 14.8 Å². The van der Waals surface area contributed by atoms with Crippen molar-refractivity contribution in [2.75, 3.05) is 33.3 Å². The van der Waals surface area contributed by atoms with E-state index in [1.54, 1.807) is 12.1 Å². The number of nitro benzene ring substituents is 1. The standard InChI is InChI=1S/C18H29N3O4/c1-14-12-20(13-15(2)25-14)9-5-4-8-19-11-16-6-7-18(24-3)17(10-16)21(22)23/h6-7,10,14-15,19H,4-5,8-9,11-13H2,1-3H3. The third-order valence-electron chi connectivity index (χ3n) is 4.34. The van der Waals surface area contributed by atoms with Crippen molar-refractivity contribution >= 4 is 5.69 Å². The zero-order valence-electron chi connectivity index (χ0n) is 15.4. The first-order valence-corrected chi connectivity index (χ1v) is 8.89. The molecule has 2 atom stereocenters. The Kier molecular flexibility index (Phi) is 7.61. The largest absolute Gasteiger partial charge is 0.490 e. The number of methoxy groups -OCH3 is 1. The lowest BCUT2D eigenvalue weighted by atomic mass is 10.1. The maximum atomic E-state index is 11.0. The summed E-state index contributed by atoms with van der Waals surface area (Å²) in [5.41, 5.74) is 0.903. The third-order valence-corrected chi connectivity index (χ3v) is 4.34. The zero-order chi connectivity index (χ0) is 18.2. The third kappa shape index (κ3) is 6.26.